The number of anilines is 1. The van der Waals surface area contributed by atoms with Gasteiger partial charge in [0.2, 0.25) is 0 Å². The topological polar surface area (TPSA) is 72.5 Å². The molecule has 4 nitrogen and oxygen atoms in total. The molecule has 4 heteroatoms. The second-order valence-corrected chi connectivity index (χ2v) is 4.97. The van der Waals surface area contributed by atoms with Crippen molar-refractivity contribution in [2.24, 2.45) is 0 Å². The highest BCUT2D eigenvalue weighted by atomic mass is 16.5. The molecule has 2 rings (SSSR count). The number of nitrogen functional groups attached to an aromatic ring is 1. The van der Waals surface area contributed by atoms with Crippen LogP contribution >= 0.6 is 0 Å². The fourth-order valence-electron chi connectivity index (χ4n) is 2.14. The SMILES string of the molecule is CCC(C)c1ccccc1Oc1cccc(C(=O)O)c1N. The van der Waals surface area contributed by atoms with Crippen LogP contribution in [0.3, 0.4) is 0 Å². The Hall–Kier alpha value is -2.49. The molecule has 2 aromatic rings. The van der Waals surface area contributed by atoms with Gasteiger partial charge in [0.05, 0.1) is 11.3 Å². The maximum Gasteiger partial charge on any atom is 0.337 e. The number of carboxylic acids is 1. The zero-order chi connectivity index (χ0) is 15.4. The van der Waals surface area contributed by atoms with E-state index in [1.54, 1.807) is 12.1 Å². The van der Waals surface area contributed by atoms with Crippen molar-refractivity contribution in [3.63, 3.8) is 0 Å². The molecule has 21 heavy (non-hydrogen) atoms. The number of aromatic carboxylic acids is 1. The van der Waals surface area contributed by atoms with Gasteiger partial charge in [-0.05, 0) is 36.1 Å². The fraction of sp³-hybridized carbons (Fsp3) is 0.235. The van der Waals surface area contributed by atoms with Gasteiger partial charge in [-0.2, -0.15) is 0 Å². The van der Waals surface area contributed by atoms with Gasteiger partial charge in [-0.15, -0.1) is 0 Å². The molecule has 3 N–H and O–H groups in total. The van der Waals surface area contributed by atoms with E-state index < -0.39 is 5.97 Å². The second kappa shape index (κ2) is 6.31. The van der Waals surface area contributed by atoms with Crippen LogP contribution in [-0.4, -0.2) is 11.1 Å². The molecule has 2 aromatic carbocycles. The van der Waals surface area contributed by atoms with Crippen LogP contribution in [0.25, 0.3) is 0 Å². The van der Waals surface area contributed by atoms with E-state index >= 15 is 0 Å². The van der Waals surface area contributed by atoms with E-state index in [4.69, 9.17) is 15.6 Å². The number of para-hydroxylation sites is 2. The van der Waals surface area contributed by atoms with E-state index in [0.717, 1.165) is 12.0 Å². The van der Waals surface area contributed by atoms with Gasteiger partial charge >= 0.3 is 5.97 Å². The minimum absolute atomic E-state index is 0.0496. The predicted molar refractivity (Wildman–Crippen MR) is 83.0 cm³/mol. The summed E-state index contributed by atoms with van der Waals surface area (Å²) in [5, 5.41) is 9.10. The summed E-state index contributed by atoms with van der Waals surface area (Å²) in [7, 11) is 0. The summed E-state index contributed by atoms with van der Waals surface area (Å²) in [5.74, 6) is 0.366. The molecular formula is C17H19NO3. The first-order valence-electron chi connectivity index (χ1n) is 6.93. The normalized spacial score (nSPS) is 11.9. The summed E-state index contributed by atoms with van der Waals surface area (Å²) in [6.07, 6.45) is 0.991. The van der Waals surface area contributed by atoms with Crippen molar-refractivity contribution in [3.8, 4) is 11.5 Å². The molecule has 0 saturated carbocycles. The average Bonchev–Trinajstić information content (AvgIpc) is 2.49. The van der Waals surface area contributed by atoms with Crippen molar-refractivity contribution in [1.29, 1.82) is 0 Å². The van der Waals surface area contributed by atoms with Crippen molar-refractivity contribution in [1.82, 2.24) is 0 Å². The molecule has 0 bridgehead atoms. The van der Waals surface area contributed by atoms with Crippen LogP contribution in [0.2, 0.25) is 0 Å². The lowest BCUT2D eigenvalue weighted by Gasteiger charge is -2.16. The Morgan fingerprint density at radius 1 is 1.19 bits per heavy atom. The van der Waals surface area contributed by atoms with E-state index in [0.29, 0.717) is 17.4 Å². The summed E-state index contributed by atoms with van der Waals surface area (Å²) in [4.78, 5) is 11.1. The fourth-order valence-corrected chi connectivity index (χ4v) is 2.14. The third-order valence-corrected chi connectivity index (χ3v) is 3.58. The highest BCUT2D eigenvalue weighted by Gasteiger charge is 2.15. The maximum absolute atomic E-state index is 11.1. The summed E-state index contributed by atoms with van der Waals surface area (Å²) >= 11 is 0. The first kappa shape index (κ1) is 14.9. The molecule has 0 fully saturated rings. The van der Waals surface area contributed by atoms with Crippen molar-refractivity contribution in [2.45, 2.75) is 26.2 Å². The highest BCUT2D eigenvalue weighted by Crippen LogP contribution is 2.35. The van der Waals surface area contributed by atoms with Gasteiger partial charge in [0.15, 0.2) is 5.75 Å². The molecule has 0 aromatic heterocycles. The van der Waals surface area contributed by atoms with E-state index in [9.17, 15) is 4.79 Å². The molecule has 1 unspecified atom stereocenters. The second-order valence-electron chi connectivity index (χ2n) is 4.97. The van der Waals surface area contributed by atoms with Crippen molar-refractivity contribution in [3.05, 3.63) is 53.6 Å². The Morgan fingerprint density at radius 3 is 2.52 bits per heavy atom. The molecule has 0 aliphatic rings. The number of nitrogens with two attached hydrogens (primary N) is 1. The Bertz CT molecular complexity index is 652. The standard InChI is InChI=1S/C17H19NO3/c1-3-11(2)12-7-4-5-9-14(12)21-15-10-6-8-13(16(15)18)17(19)20/h4-11H,3,18H2,1-2H3,(H,19,20). The van der Waals surface area contributed by atoms with Crippen LogP contribution in [0.4, 0.5) is 5.69 Å². The molecule has 110 valence electrons. The number of benzene rings is 2. The lowest BCUT2D eigenvalue weighted by Crippen LogP contribution is -2.04. The highest BCUT2D eigenvalue weighted by molar-refractivity contribution is 5.95. The van der Waals surface area contributed by atoms with E-state index in [1.165, 1.54) is 6.07 Å². The molecule has 0 aliphatic heterocycles. The van der Waals surface area contributed by atoms with Crippen LogP contribution < -0.4 is 10.5 Å². The summed E-state index contributed by atoms with van der Waals surface area (Å²) in [5.41, 5.74) is 7.16. The zero-order valence-corrected chi connectivity index (χ0v) is 12.2. The molecule has 0 heterocycles. The predicted octanol–water partition coefficient (Wildman–Crippen LogP) is 4.27. The number of carbonyl (C=O) groups is 1. The Balaban J connectivity index is 2.40. The lowest BCUT2D eigenvalue weighted by molar-refractivity contribution is 0.0697. The first-order valence-corrected chi connectivity index (χ1v) is 6.93. The van der Waals surface area contributed by atoms with Gasteiger partial charge in [-0.25, -0.2) is 4.79 Å². The van der Waals surface area contributed by atoms with Gasteiger partial charge < -0.3 is 15.6 Å². The van der Waals surface area contributed by atoms with Crippen LogP contribution in [0.5, 0.6) is 11.5 Å². The van der Waals surface area contributed by atoms with E-state index in [1.807, 2.05) is 24.3 Å². The largest absolute Gasteiger partial charge is 0.478 e. The number of ether oxygens (including phenoxy) is 1. The number of carboxylic acid groups (broad SMARTS) is 1. The smallest absolute Gasteiger partial charge is 0.337 e. The lowest BCUT2D eigenvalue weighted by atomic mass is 9.98. The van der Waals surface area contributed by atoms with Gasteiger partial charge in [0.1, 0.15) is 5.75 Å². The van der Waals surface area contributed by atoms with Gasteiger partial charge in [0, 0.05) is 0 Å². The number of rotatable bonds is 5. The van der Waals surface area contributed by atoms with Crippen LogP contribution in [0, 0.1) is 0 Å². The van der Waals surface area contributed by atoms with Crippen LogP contribution in [0.1, 0.15) is 42.1 Å². The quantitative estimate of drug-likeness (QED) is 0.804. The molecule has 1 atom stereocenters. The third-order valence-electron chi connectivity index (χ3n) is 3.58. The van der Waals surface area contributed by atoms with Crippen LogP contribution in [-0.2, 0) is 0 Å². The molecule has 0 spiro atoms. The van der Waals surface area contributed by atoms with Gasteiger partial charge in [-0.3, -0.25) is 0 Å². The van der Waals surface area contributed by atoms with E-state index in [-0.39, 0.29) is 11.3 Å². The number of hydrogen-bond donors (Lipinski definition) is 2. The van der Waals surface area contributed by atoms with Crippen molar-refractivity contribution in [2.75, 3.05) is 5.73 Å². The maximum atomic E-state index is 11.1. The molecule has 0 aliphatic carbocycles. The Labute approximate surface area is 124 Å². The zero-order valence-electron chi connectivity index (χ0n) is 12.2. The minimum atomic E-state index is -1.06. The Kier molecular flexibility index (Phi) is 4.48. The van der Waals surface area contributed by atoms with Crippen LogP contribution in [0.15, 0.2) is 42.5 Å². The molecule has 0 amide bonds. The number of hydrogen-bond acceptors (Lipinski definition) is 3. The minimum Gasteiger partial charge on any atom is -0.478 e. The first-order chi connectivity index (χ1) is 10.0. The molecule has 0 radical (unpaired) electrons. The summed E-state index contributed by atoms with van der Waals surface area (Å²) in [6.45, 7) is 4.24. The van der Waals surface area contributed by atoms with Crippen molar-refractivity contribution < 1.29 is 14.6 Å². The van der Waals surface area contributed by atoms with Gasteiger partial charge in [-0.1, -0.05) is 38.1 Å². The van der Waals surface area contributed by atoms with E-state index in [2.05, 4.69) is 13.8 Å². The third kappa shape index (κ3) is 3.16. The molecular weight excluding hydrogens is 266 g/mol. The molecule has 0 saturated heterocycles. The summed E-state index contributed by atoms with van der Waals surface area (Å²) < 4.78 is 5.87. The van der Waals surface area contributed by atoms with Crippen molar-refractivity contribution >= 4 is 11.7 Å². The van der Waals surface area contributed by atoms with Gasteiger partial charge in [0.25, 0.3) is 0 Å². The average molecular weight is 285 g/mol. The monoisotopic (exact) mass is 285 g/mol. The Morgan fingerprint density at radius 2 is 1.86 bits per heavy atom. The summed E-state index contributed by atoms with van der Waals surface area (Å²) in [6, 6.07) is 12.5.